The van der Waals surface area contributed by atoms with Gasteiger partial charge in [0.2, 0.25) is 0 Å². The van der Waals surface area contributed by atoms with Gasteiger partial charge in [0.15, 0.2) is 0 Å². The van der Waals surface area contributed by atoms with Crippen molar-refractivity contribution in [3.63, 3.8) is 0 Å². The van der Waals surface area contributed by atoms with Crippen LogP contribution in [0.15, 0.2) is 18.2 Å². The molecule has 3 rings (SSSR count). The van der Waals surface area contributed by atoms with E-state index in [-0.39, 0.29) is 0 Å². The predicted molar refractivity (Wildman–Crippen MR) is 82.6 cm³/mol. The van der Waals surface area contributed by atoms with Gasteiger partial charge in [0.25, 0.3) is 0 Å². The second-order valence-corrected chi connectivity index (χ2v) is 6.07. The van der Waals surface area contributed by atoms with Gasteiger partial charge in [-0.15, -0.1) is 0 Å². The molecule has 3 nitrogen and oxygen atoms in total. The molecule has 0 atom stereocenters. The summed E-state index contributed by atoms with van der Waals surface area (Å²) in [4.78, 5) is 0. The van der Waals surface area contributed by atoms with E-state index in [0.29, 0.717) is 6.04 Å². The monoisotopic (exact) mass is 289 g/mol. The van der Waals surface area contributed by atoms with E-state index >= 15 is 0 Å². The third kappa shape index (κ3) is 2.60. The molecule has 106 valence electrons. The number of nitrogens with one attached hydrogen (secondary N) is 1. The van der Waals surface area contributed by atoms with Gasteiger partial charge >= 0.3 is 0 Å². The van der Waals surface area contributed by atoms with Gasteiger partial charge in [0, 0.05) is 23.3 Å². The predicted octanol–water partition coefficient (Wildman–Crippen LogP) is 3.70. The van der Waals surface area contributed by atoms with Crippen LogP contribution in [0.3, 0.4) is 0 Å². The van der Waals surface area contributed by atoms with Crippen molar-refractivity contribution in [3.05, 3.63) is 45.7 Å². The lowest BCUT2D eigenvalue weighted by Gasteiger charge is -2.12. The Morgan fingerprint density at radius 3 is 2.65 bits per heavy atom. The maximum absolute atomic E-state index is 6.15. The molecule has 1 aliphatic rings. The average molecular weight is 290 g/mol. The zero-order chi connectivity index (χ0) is 14.3. The first-order valence-electron chi connectivity index (χ1n) is 7.11. The Kier molecular flexibility index (Phi) is 3.57. The lowest BCUT2D eigenvalue weighted by atomic mass is 10.1. The summed E-state index contributed by atoms with van der Waals surface area (Å²) in [5, 5.41) is 8.99. The number of benzene rings is 1. The SMILES string of the molecule is Cc1nn(-c2ccc(Cl)cc2CNC2CC2)c(C)c1C. The molecule has 0 bridgehead atoms. The van der Waals surface area contributed by atoms with E-state index in [4.69, 9.17) is 11.6 Å². The summed E-state index contributed by atoms with van der Waals surface area (Å²) < 4.78 is 2.03. The van der Waals surface area contributed by atoms with E-state index in [1.54, 1.807) is 0 Å². The third-order valence-electron chi connectivity index (χ3n) is 4.08. The molecule has 0 aliphatic heterocycles. The Hall–Kier alpha value is -1.32. The number of nitrogens with zero attached hydrogens (tertiary/aromatic N) is 2. The van der Waals surface area contributed by atoms with Gasteiger partial charge in [-0.05, 0) is 62.9 Å². The first-order valence-corrected chi connectivity index (χ1v) is 7.49. The van der Waals surface area contributed by atoms with Gasteiger partial charge < -0.3 is 5.32 Å². The Morgan fingerprint density at radius 1 is 1.30 bits per heavy atom. The zero-order valence-electron chi connectivity index (χ0n) is 12.2. The van der Waals surface area contributed by atoms with E-state index in [0.717, 1.165) is 22.9 Å². The van der Waals surface area contributed by atoms with Crippen LogP contribution in [0.1, 0.15) is 35.4 Å². The summed E-state index contributed by atoms with van der Waals surface area (Å²) >= 11 is 6.15. The standard InChI is InChI=1S/C16H20ClN3/c1-10-11(2)19-20(12(10)3)16-7-4-14(17)8-13(16)9-18-15-5-6-15/h4,7-8,15,18H,5-6,9H2,1-3H3. The number of aromatic nitrogens is 2. The summed E-state index contributed by atoms with van der Waals surface area (Å²) in [7, 11) is 0. The molecule has 4 heteroatoms. The molecule has 1 aromatic heterocycles. The summed E-state index contributed by atoms with van der Waals surface area (Å²) in [6.45, 7) is 7.13. The van der Waals surface area contributed by atoms with Gasteiger partial charge in [0.1, 0.15) is 0 Å². The molecule has 0 amide bonds. The highest BCUT2D eigenvalue weighted by molar-refractivity contribution is 6.30. The number of aryl methyl sites for hydroxylation is 1. The van der Waals surface area contributed by atoms with Crippen LogP contribution in [-0.4, -0.2) is 15.8 Å². The fourth-order valence-electron chi connectivity index (χ4n) is 2.40. The quantitative estimate of drug-likeness (QED) is 0.930. The van der Waals surface area contributed by atoms with Crippen LogP contribution in [0.2, 0.25) is 5.02 Å². The normalized spacial score (nSPS) is 14.8. The lowest BCUT2D eigenvalue weighted by Crippen LogP contribution is -2.17. The number of rotatable bonds is 4. The van der Waals surface area contributed by atoms with Crippen molar-refractivity contribution in [2.24, 2.45) is 0 Å². The van der Waals surface area contributed by atoms with E-state index in [1.165, 1.54) is 29.7 Å². The van der Waals surface area contributed by atoms with E-state index in [2.05, 4.69) is 37.3 Å². The van der Waals surface area contributed by atoms with E-state index in [9.17, 15) is 0 Å². The van der Waals surface area contributed by atoms with Crippen LogP contribution in [0.25, 0.3) is 5.69 Å². The Morgan fingerprint density at radius 2 is 2.05 bits per heavy atom. The van der Waals surface area contributed by atoms with Gasteiger partial charge in [-0.25, -0.2) is 4.68 Å². The van der Waals surface area contributed by atoms with Gasteiger partial charge in [-0.2, -0.15) is 5.10 Å². The van der Waals surface area contributed by atoms with Crippen LogP contribution < -0.4 is 5.32 Å². The molecule has 1 aliphatic carbocycles. The molecule has 1 heterocycles. The maximum Gasteiger partial charge on any atom is 0.0694 e. The first-order chi connectivity index (χ1) is 9.56. The highest BCUT2D eigenvalue weighted by Gasteiger charge is 2.21. The van der Waals surface area contributed by atoms with Crippen LogP contribution in [0, 0.1) is 20.8 Å². The third-order valence-corrected chi connectivity index (χ3v) is 4.32. The van der Waals surface area contributed by atoms with Crippen molar-refractivity contribution in [2.75, 3.05) is 0 Å². The van der Waals surface area contributed by atoms with Crippen molar-refractivity contribution in [1.29, 1.82) is 0 Å². The van der Waals surface area contributed by atoms with Crippen LogP contribution in [0.4, 0.5) is 0 Å². The van der Waals surface area contributed by atoms with Gasteiger partial charge in [0.05, 0.1) is 11.4 Å². The first kappa shape index (κ1) is 13.7. The molecule has 2 aromatic rings. The average Bonchev–Trinajstić information content (AvgIpc) is 3.21. The minimum atomic E-state index is 0.684. The number of hydrogen-bond donors (Lipinski definition) is 1. The number of hydrogen-bond acceptors (Lipinski definition) is 2. The summed E-state index contributed by atoms with van der Waals surface area (Å²) in [5.41, 5.74) is 5.85. The molecular weight excluding hydrogens is 270 g/mol. The molecule has 1 aromatic carbocycles. The van der Waals surface area contributed by atoms with Crippen LogP contribution in [-0.2, 0) is 6.54 Å². The van der Waals surface area contributed by atoms with Gasteiger partial charge in [-0.1, -0.05) is 11.6 Å². The molecule has 1 fully saturated rings. The molecular formula is C16H20ClN3. The highest BCUT2D eigenvalue weighted by atomic mass is 35.5. The second-order valence-electron chi connectivity index (χ2n) is 5.64. The Balaban J connectivity index is 2.00. The van der Waals surface area contributed by atoms with E-state index < -0.39 is 0 Å². The minimum absolute atomic E-state index is 0.684. The largest absolute Gasteiger partial charge is 0.310 e. The molecule has 0 radical (unpaired) electrons. The Labute approximate surface area is 124 Å². The van der Waals surface area contributed by atoms with E-state index in [1.807, 2.05) is 16.8 Å². The summed E-state index contributed by atoms with van der Waals surface area (Å²) in [5.74, 6) is 0. The molecule has 0 unspecified atom stereocenters. The maximum atomic E-state index is 6.15. The summed E-state index contributed by atoms with van der Waals surface area (Å²) in [6.07, 6.45) is 2.57. The van der Waals surface area contributed by atoms with Crippen molar-refractivity contribution >= 4 is 11.6 Å². The molecule has 20 heavy (non-hydrogen) atoms. The molecule has 0 saturated heterocycles. The van der Waals surface area contributed by atoms with Crippen LogP contribution >= 0.6 is 11.6 Å². The smallest absolute Gasteiger partial charge is 0.0694 e. The minimum Gasteiger partial charge on any atom is -0.310 e. The fraction of sp³-hybridized carbons (Fsp3) is 0.438. The lowest BCUT2D eigenvalue weighted by molar-refractivity contribution is 0.679. The number of halogens is 1. The van der Waals surface area contributed by atoms with Crippen molar-refractivity contribution in [3.8, 4) is 5.69 Å². The topological polar surface area (TPSA) is 29.9 Å². The molecule has 0 spiro atoms. The van der Waals surface area contributed by atoms with Crippen molar-refractivity contribution in [2.45, 2.75) is 46.2 Å². The van der Waals surface area contributed by atoms with Crippen molar-refractivity contribution in [1.82, 2.24) is 15.1 Å². The van der Waals surface area contributed by atoms with Crippen LogP contribution in [0.5, 0.6) is 0 Å². The highest BCUT2D eigenvalue weighted by Crippen LogP contribution is 2.25. The second kappa shape index (κ2) is 5.23. The summed E-state index contributed by atoms with van der Waals surface area (Å²) in [6, 6.07) is 6.72. The molecule has 1 N–H and O–H groups in total. The molecule has 1 saturated carbocycles. The Bertz CT molecular complexity index is 641. The van der Waals surface area contributed by atoms with Crippen molar-refractivity contribution < 1.29 is 0 Å². The zero-order valence-corrected chi connectivity index (χ0v) is 13.0. The fourth-order valence-corrected chi connectivity index (χ4v) is 2.59. The van der Waals surface area contributed by atoms with Gasteiger partial charge in [-0.3, -0.25) is 0 Å².